The van der Waals surface area contributed by atoms with Crippen molar-refractivity contribution in [3.8, 4) is 0 Å². The third-order valence-corrected chi connectivity index (χ3v) is 8.31. The molecule has 4 heteroatoms. The maximum Gasteiger partial charge on any atom is 0.259 e. The molecule has 1 atom stereocenters. The van der Waals surface area contributed by atoms with Gasteiger partial charge >= 0.3 is 0 Å². The molecule has 0 aromatic heterocycles. The van der Waals surface area contributed by atoms with Crippen molar-refractivity contribution < 1.29 is 0 Å². The molecule has 0 saturated heterocycles. The molecule has 0 bridgehead atoms. The Morgan fingerprint density at radius 3 is 2.07 bits per heavy atom. The van der Waals surface area contributed by atoms with E-state index in [9.17, 15) is 0 Å². The van der Waals surface area contributed by atoms with E-state index in [0.717, 1.165) is 5.56 Å². The Labute approximate surface area is 101 Å². The van der Waals surface area contributed by atoms with Crippen molar-refractivity contribution in [2.45, 2.75) is 18.5 Å². The Kier molecular flexibility index (Phi) is 3.92. The second-order valence-electron chi connectivity index (χ2n) is 3.72. The fraction of sp³-hybridized carbons (Fsp3) is 0.400. The minimum absolute atomic E-state index is 0.293. The molecule has 1 aromatic rings. The molecule has 0 amide bonds. The Hall–Kier alpha value is 0.307. The average molecular weight is 268 g/mol. The normalized spacial score (nSPS) is 16.4. The van der Waals surface area contributed by atoms with Crippen LogP contribution in [0.1, 0.15) is 12.5 Å². The molecule has 14 heavy (non-hydrogen) atoms. The van der Waals surface area contributed by atoms with Crippen LogP contribution in [-0.2, 0) is 5.04 Å². The van der Waals surface area contributed by atoms with Crippen molar-refractivity contribution in [3.63, 3.8) is 0 Å². The summed E-state index contributed by atoms with van der Waals surface area (Å²) >= 11 is 18.6. The van der Waals surface area contributed by atoms with Gasteiger partial charge in [0, 0.05) is 10.9 Å². The Balaban J connectivity index is 3.15. The molecule has 1 rings (SSSR count). The van der Waals surface area contributed by atoms with Crippen molar-refractivity contribution >= 4 is 40.5 Å². The van der Waals surface area contributed by atoms with Gasteiger partial charge in [0.05, 0.1) is 0 Å². The molecular weight excluding hydrogens is 255 g/mol. The first-order chi connectivity index (χ1) is 6.42. The molecule has 1 aromatic carbocycles. The van der Waals surface area contributed by atoms with Crippen LogP contribution < -0.4 is 0 Å². The zero-order chi connectivity index (χ0) is 10.8. The molecule has 1 unspecified atom stereocenters. The zero-order valence-electron chi connectivity index (χ0n) is 8.23. The quantitative estimate of drug-likeness (QED) is 0.436. The van der Waals surface area contributed by atoms with E-state index < -0.39 is 6.69 Å². The molecule has 0 nitrogen and oxygen atoms in total. The van der Waals surface area contributed by atoms with E-state index in [-0.39, 0.29) is 5.04 Å². The Morgan fingerprint density at radius 2 is 1.71 bits per heavy atom. The first-order valence-electron chi connectivity index (χ1n) is 4.41. The smallest absolute Gasteiger partial charge is 0.145 e. The Bertz CT molecular complexity index is 294. The van der Waals surface area contributed by atoms with E-state index >= 15 is 0 Å². The third kappa shape index (κ3) is 2.27. The van der Waals surface area contributed by atoms with Gasteiger partial charge in [-0.05, 0) is 12.1 Å². The topological polar surface area (TPSA) is 0 Å². The fourth-order valence-corrected chi connectivity index (χ4v) is 4.58. The first kappa shape index (κ1) is 12.4. The number of alkyl halides is 1. The van der Waals surface area contributed by atoms with E-state index in [4.69, 9.17) is 33.8 Å². The van der Waals surface area contributed by atoms with Crippen LogP contribution in [0.3, 0.4) is 0 Å². The summed E-state index contributed by atoms with van der Waals surface area (Å²) in [6.45, 7) is 1.60. The van der Waals surface area contributed by atoms with Gasteiger partial charge in [0.2, 0.25) is 0 Å². The highest BCUT2D eigenvalue weighted by Gasteiger charge is 2.45. The van der Waals surface area contributed by atoms with Gasteiger partial charge in [-0.3, -0.25) is 0 Å². The van der Waals surface area contributed by atoms with Crippen molar-refractivity contribution in [2.24, 2.45) is 0 Å². The first-order valence-corrected chi connectivity index (χ1v) is 9.47. The minimum atomic E-state index is -2.34. The second-order valence-corrected chi connectivity index (χ2v) is 12.0. The van der Waals surface area contributed by atoms with Crippen LogP contribution in [-0.4, -0.2) is 12.6 Å². The maximum atomic E-state index is 6.29. The molecule has 0 heterocycles. The van der Waals surface area contributed by atoms with E-state index in [2.05, 4.69) is 0 Å². The summed E-state index contributed by atoms with van der Waals surface area (Å²) in [7, 11) is 0. The molecule has 0 N–H and O–H groups in total. The van der Waals surface area contributed by atoms with Gasteiger partial charge in [0.25, 0.3) is 6.69 Å². The predicted molar refractivity (Wildman–Crippen MR) is 67.8 cm³/mol. The summed E-state index contributed by atoms with van der Waals surface area (Å²) in [6.07, 6.45) is 0. The minimum Gasteiger partial charge on any atom is -0.145 e. The lowest BCUT2D eigenvalue weighted by molar-refractivity contribution is 0.750. The van der Waals surface area contributed by atoms with Crippen LogP contribution in [0.15, 0.2) is 30.3 Å². The van der Waals surface area contributed by atoms with Gasteiger partial charge in [-0.25, -0.2) is 0 Å². The molecule has 0 spiro atoms. The van der Waals surface area contributed by atoms with E-state index in [0.29, 0.717) is 5.88 Å². The zero-order valence-corrected chi connectivity index (χ0v) is 11.5. The number of benzene rings is 1. The SMILES string of the molecule is CC(CCl)(c1ccccc1)[Si](C)(Cl)Cl. The van der Waals surface area contributed by atoms with Gasteiger partial charge in [0.1, 0.15) is 0 Å². The summed E-state index contributed by atoms with van der Waals surface area (Å²) in [5, 5.41) is -0.293. The summed E-state index contributed by atoms with van der Waals surface area (Å²) in [5.74, 6) is 0.451. The third-order valence-electron chi connectivity index (χ3n) is 2.65. The molecule has 0 radical (unpaired) electrons. The van der Waals surface area contributed by atoms with Crippen LogP contribution in [0.2, 0.25) is 6.55 Å². The lowest BCUT2D eigenvalue weighted by Gasteiger charge is -2.34. The van der Waals surface area contributed by atoms with Crippen molar-refractivity contribution in [1.29, 1.82) is 0 Å². The van der Waals surface area contributed by atoms with Crippen molar-refractivity contribution in [1.82, 2.24) is 0 Å². The molecule has 0 aliphatic rings. The van der Waals surface area contributed by atoms with E-state index in [1.54, 1.807) is 0 Å². The van der Waals surface area contributed by atoms with Crippen LogP contribution >= 0.6 is 33.8 Å². The number of hydrogen-bond donors (Lipinski definition) is 0. The van der Waals surface area contributed by atoms with Crippen molar-refractivity contribution in [3.05, 3.63) is 35.9 Å². The van der Waals surface area contributed by atoms with Crippen LogP contribution in [0.4, 0.5) is 0 Å². The number of halogens is 3. The molecule has 0 saturated carbocycles. The van der Waals surface area contributed by atoms with E-state index in [1.807, 2.05) is 43.8 Å². The molecule has 0 aliphatic carbocycles. The van der Waals surface area contributed by atoms with Crippen LogP contribution in [0.5, 0.6) is 0 Å². The largest absolute Gasteiger partial charge is 0.259 e. The summed E-state index contributed by atoms with van der Waals surface area (Å²) in [6, 6.07) is 9.98. The van der Waals surface area contributed by atoms with Gasteiger partial charge in [-0.1, -0.05) is 37.3 Å². The molecule has 78 valence electrons. The highest BCUT2D eigenvalue weighted by molar-refractivity contribution is 7.46. The summed E-state index contributed by atoms with van der Waals surface area (Å²) < 4.78 is 0. The molecule has 0 fully saturated rings. The summed E-state index contributed by atoms with van der Waals surface area (Å²) in [5.41, 5.74) is 1.12. The molecule has 0 aliphatic heterocycles. The van der Waals surface area contributed by atoms with Crippen LogP contribution in [0, 0.1) is 0 Å². The lowest BCUT2D eigenvalue weighted by Crippen LogP contribution is -2.45. The maximum absolute atomic E-state index is 6.29. The summed E-state index contributed by atoms with van der Waals surface area (Å²) in [4.78, 5) is 0. The standard InChI is InChI=1S/C10H13Cl3Si/c1-10(8-11,14(2,12)13)9-6-4-3-5-7-9/h3-7H,8H2,1-2H3. The second kappa shape index (κ2) is 4.44. The highest BCUT2D eigenvalue weighted by atomic mass is 35.7. The van der Waals surface area contributed by atoms with Gasteiger partial charge in [-0.15, -0.1) is 33.8 Å². The molecular formula is C10H13Cl3Si. The monoisotopic (exact) mass is 266 g/mol. The van der Waals surface area contributed by atoms with Gasteiger partial charge < -0.3 is 0 Å². The lowest BCUT2D eigenvalue weighted by atomic mass is 10.0. The Morgan fingerprint density at radius 1 is 1.21 bits per heavy atom. The predicted octanol–water partition coefficient (Wildman–Crippen LogP) is 4.27. The fourth-order valence-electron chi connectivity index (χ4n) is 1.25. The number of rotatable bonds is 3. The highest BCUT2D eigenvalue weighted by Crippen LogP contribution is 2.40. The number of hydrogen-bond acceptors (Lipinski definition) is 0. The van der Waals surface area contributed by atoms with Crippen molar-refractivity contribution in [2.75, 3.05) is 5.88 Å². The average Bonchev–Trinajstić information content (AvgIpc) is 2.16. The van der Waals surface area contributed by atoms with Crippen LogP contribution in [0.25, 0.3) is 0 Å². The van der Waals surface area contributed by atoms with Gasteiger partial charge in [0.15, 0.2) is 0 Å². The van der Waals surface area contributed by atoms with E-state index in [1.165, 1.54) is 0 Å². The van der Waals surface area contributed by atoms with Gasteiger partial charge in [-0.2, -0.15) is 0 Å².